The van der Waals surface area contributed by atoms with Crippen molar-refractivity contribution in [3.05, 3.63) is 0 Å². The summed E-state index contributed by atoms with van der Waals surface area (Å²) in [5.74, 6) is 3.01. The molecule has 0 aromatic carbocycles. The highest BCUT2D eigenvalue weighted by atomic mass is 16.6. The Morgan fingerprint density at radius 2 is 1.67 bits per heavy atom. The van der Waals surface area contributed by atoms with E-state index in [9.17, 15) is 9.59 Å². The van der Waals surface area contributed by atoms with Crippen LogP contribution in [-0.2, 0) is 14.2 Å². The second-order valence-corrected chi connectivity index (χ2v) is 18.2. The molecule has 5 aliphatic carbocycles. The van der Waals surface area contributed by atoms with E-state index in [4.69, 9.17) is 14.2 Å². The number of carbonyl (C=O) groups excluding carboxylic acids is 2. The van der Waals surface area contributed by atoms with Gasteiger partial charge in [0, 0.05) is 31.6 Å². The number of nitrogens with zero attached hydrogens (tertiary/aromatic N) is 2. The molecule has 8 aliphatic rings. The second kappa shape index (κ2) is 10.5. The van der Waals surface area contributed by atoms with Gasteiger partial charge in [-0.1, -0.05) is 34.6 Å². The van der Waals surface area contributed by atoms with Gasteiger partial charge in [0.05, 0.1) is 18.2 Å². The van der Waals surface area contributed by atoms with Crippen molar-refractivity contribution in [3.63, 3.8) is 0 Å². The minimum atomic E-state index is -0.211. The Hall–Kier alpha value is -1.54. The quantitative estimate of drug-likeness (QED) is 0.377. The Morgan fingerprint density at radius 1 is 0.911 bits per heavy atom. The summed E-state index contributed by atoms with van der Waals surface area (Å²) < 4.78 is 19.4. The van der Waals surface area contributed by atoms with Gasteiger partial charge in [0.2, 0.25) is 0 Å². The molecule has 8 rings (SSSR count). The number of carbonyl (C=O) groups is 2. The maximum absolute atomic E-state index is 12.9. The Kier molecular flexibility index (Phi) is 7.17. The third-order valence-electron chi connectivity index (χ3n) is 15.6. The molecule has 252 valence electrons. The Bertz CT molecular complexity index is 1200. The minimum absolute atomic E-state index is 0.000553. The van der Waals surface area contributed by atoms with Crippen LogP contribution in [0.3, 0.4) is 0 Å². The van der Waals surface area contributed by atoms with Gasteiger partial charge in [-0.15, -0.1) is 0 Å². The van der Waals surface area contributed by atoms with Crippen LogP contribution in [0.25, 0.3) is 0 Å². The number of fused-ring (bicyclic) bond motifs is 4. The van der Waals surface area contributed by atoms with Crippen LogP contribution in [0.15, 0.2) is 0 Å². The molecular formula is C37H59N3O5. The fourth-order valence-corrected chi connectivity index (χ4v) is 13.2. The van der Waals surface area contributed by atoms with Gasteiger partial charge in [-0.2, -0.15) is 0 Å². The summed E-state index contributed by atoms with van der Waals surface area (Å²) in [5.41, 5.74) is 1.26. The van der Waals surface area contributed by atoms with Crippen LogP contribution >= 0.6 is 0 Å². The van der Waals surface area contributed by atoms with Crippen molar-refractivity contribution in [3.8, 4) is 0 Å². The van der Waals surface area contributed by atoms with E-state index in [2.05, 4.69) is 51.9 Å². The largest absolute Gasteiger partial charge is 0.446 e. The molecule has 0 aromatic heterocycles. The first kappa shape index (κ1) is 30.8. The van der Waals surface area contributed by atoms with Gasteiger partial charge < -0.3 is 29.3 Å². The lowest BCUT2D eigenvalue weighted by molar-refractivity contribution is -0.151. The van der Waals surface area contributed by atoms with E-state index in [0.29, 0.717) is 34.2 Å². The average Bonchev–Trinajstić information content (AvgIpc) is 3.51. The first-order chi connectivity index (χ1) is 21.4. The summed E-state index contributed by atoms with van der Waals surface area (Å²) >= 11 is 0. The lowest BCUT2D eigenvalue weighted by atomic mass is 9.46. The third-order valence-corrected chi connectivity index (χ3v) is 15.6. The molecule has 3 heterocycles. The maximum Gasteiger partial charge on any atom is 0.410 e. The number of alkyl carbamates (subject to hydrolysis) is 1. The Labute approximate surface area is 271 Å². The highest BCUT2D eigenvalue weighted by Gasteiger charge is 2.81. The van der Waals surface area contributed by atoms with Gasteiger partial charge in [-0.3, -0.25) is 0 Å². The average molecular weight is 626 g/mol. The van der Waals surface area contributed by atoms with Crippen LogP contribution in [-0.4, -0.2) is 85.7 Å². The van der Waals surface area contributed by atoms with E-state index in [1.807, 2.05) is 4.90 Å². The molecule has 2 spiro atoms. The normalized spacial score (nSPS) is 47.1. The fraction of sp³-hybridized carbons (Fsp3) is 0.946. The molecular weight excluding hydrogens is 566 g/mol. The predicted molar refractivity (Wildman–Crippen MR) is 172 cm³/mol. The number of ether oxygens (including phenoxy) is 3. The van der Waals surface area contributed by atoms with Crippen molar-refractivity contribution >= 4 is 12.2 Å². The summed E-state index contributed by atoms with van der Waals surface area (Å²) in [5, 5.41) is 3.12. The number of likely N-dealkylation sites (N-methyl/N-ethyl adjacent to an activating group) is 1. The van der Waals surface area contributed by atoms with E-state index in [0.717, 1.165) is 57.3 Å². The maximum atomic E-state index is 12.9. The van der Waals surface area contributed by atoms with Crippen LogP contribution < -0.4 is 5.32 Å². The molecule has 0 bridgehead atoms. The molecule has 0 radical (unpaired) electrons. The molecule has 11 atom stereocenters. The monoisotopic (exact) mass is 625 g/mol. The van der Waals surface area contributed by atoms with Gasteiger partial charge in [0.1, 0.15) is 12.2 Å². The molecule has 11 unspecified atom stereocenters. The number of nitrogens with one attached hydrogen (secondary N) is 1. The third kappa shape index (κ3) is 4.49. The van der Waals surface area contributed by atoms with Crippen molar-refractivity contribution in [2.45, 2.75) is 136 Å². The molecule has 8 heteroatoms. The summed E-state index contributed by atoms with van der Waals surface area (Å²) in [7, 11) is 2.09. The van der Waals surface area contributed by atoms with Gasteiger partial charge in [-0.05, 0) is 124 Å². The fourth-order valence-electron chi connectivity index (χ4n) is 13.2. The number of amides is 2. The Balaban J connectivity index is 0.950. The van der Waals surface area contributed by atoms with Gasteiger partial charge >= 0.3 is 12.2 Å². The molecule has 8 nitrogen and oxygen atoms in total. The molecule has 45 heavy (non-hydrogen) atoms. The number of rotatable bonds is 5. The van der Waals surface area contributed by atoms with Gasteiger partial charge in [0.15, 0.2) is 0 Å². The topological polar surface area (TPSA) is 80.3 Å². The Morgan fingerprint density at radius 3 is 2.36 bits per heavy atom. The highest BCUT2D eigenvalue weighted by molar-refractivity contribution is 5.69. The SMILES string of the molecule is CC(C)C(OC(=O)N1CCC1)C1CCC2C(CC3C4CCC5C(C)(C)C(OC(=O)NC6CN(C)C6)CCC56CC46CCC23C)O1. The van der Waals surface area contributed by atoms with Crippen LogP contribution in [0.1, 0.15) is 105 Å². The van der Waals surface area contributed by atoms with Crippen molar-refractivity contribution in [2.24, 2.45) is 51.2 Å². The van der Waals surface area contributed by atoms with E-state index in [1.165, 1.54) is 51.4 Å². The zero-order chi connectivity index (χ0) is 31.5. The number of hydrogen-bond acceptors (Lipinski definition) is 6. The smallest absolute Gasteiger partial charge is 0.410 e. The van der Waals surface area contributed by atoms with E-state index < -0.39 is 0 Å². The summed E-state index contributed by atoms with van der Waals surface area (Å²) in [6, 6.07) is 0.227. The van der Waals surface area contributed by atoms with Gasteiger partial charge in [-0.25, -0.2) is 9.59 Å². The number of hydrogen-bond donors (Lipinski definition) is 1. The molecule has 0 aromatic rings. The molecule has 1 N–H and O–H groups in total. The van der Waals surface area contributed by atoms with Crippen LogP contribution in [0, 0.1) is 51.2 Å². The zero-order valence-corrected chi connectivity index (χ0v) is 28.8. The lowest BCUT2D eigenvalue weighted by Gasteiger charge is -2.59. The van der Waals surface area contributed by atoms with Crippen molar-refractivity contribution < 1.29 is 23.8 Å². The molecule has 2 amide bonds. The molecule has 5 saturated carbocycles. The van der Waals surface area contributed by atoms with Crippen LogP contribution in [0.4, 0.5) is 9.59 Å². The molecule has 3 aliphatic heterocycles. The summed E-state index contributed by atoms with van der Waals surface area (Å²) in [6.45, 7) is 15.3. The highest BCUT2D eigenvalue weighted by Crippen LogP contribution is 2.87. The lowest BCUT2D eigenvalue weighted by Crippen LogP contribution is -2.59. The van der Waals surface area contributed by atoms with Crippen molar-refractivity contribution in [2.75, 3.05) is 33.2 Å². The number of likely N-dealkylation sites (tertiary alicyclic amines) is 2. The van der Waals surface area contributed by atoms with Gasteiger partial charge in [0.25, 0.3) is 0 Å². The summed E-state index contributed by atoms with van der Waals surface area (Å²) in [6.07, 6.45) is 13.1. The standard InChI is InChI=1S/C37H59N3O5/c1-22(2)31(45-33(42)40-16-7-17-40)27-10-8-25-28(43-27)18-26-24-9-11-29-34(3,4)30(44-32(41)38-23-19-39(6)20-23)12-13-37(29)21-36(24,37)15-14-35(25,26)5/h22-31H,7-21H2,1-6H3,(H,38,41). The predicted octanol–water partition coefficient (Wildman–Crippen LogP) is 6.47. The second-order valence-electron chi connectivity index (χ2n) is 18.2. The minimum Gasteiger partial charge on any atom is -0.446 e. The summed E-state index contributed by atoms with van der Waals surface area (Å²) in [4.78, 5) is 29.7. The van der Waals surface area contributed by atoms with Crippen molar-refractivity contribution in [1.29, 1.82) is 0 Å². The van der Waals surface area contributed by atoms with E-state index in [1.54, 1.807) is 0 Å². The molecule has 8 fully saturated rings. The zero-order valence-electron chi connectivity index (χ0n) is 28.8. The van der Waals surface area contributed by atoms with Crippen LogP contribution in [0.5, 0.6) is 0 Å². The van der Waals surface area contributed by atoms with Crippen molar-refractivity contribution in [1.82, 2.24) is 15.1 Å². The molecule has 3 saturated heterocycles. The first-order valence-corrected chi connectivity index (χ1v) is 18.6. The van der Waals surface area contributed by atoms with Crippen LogP contribution in [0.2, 0.25) is 0 Å². The van der Waals surface area contributed by atoms with E-state index in [-0.39, 0.29) is 47.9 Å². The first-order valence-electron chi connectivity index (χ1n) is 18.6. The van der Waals surface area contributed by atoms with E-state index >= 15 is 0 Å².